The zero-order valence-corrected chi connectivity index (χ0v) is 10.1. The Balaban J connectivity index is 1.85. The lowest BCUT2D eigenvalue weighted by atomic mass is 10.4. The summed E-state index contributed by atoms with van der Waals surface area (Å²) in [5.74, 6) is 2.26. The second-order valence-corrected chi connectivity index (χ2v) is 5.12. The van der Waals surface area contributed by atoms with E-state index >= 15 is 0 Å². The minimum atomic E-state index is 0.857. The Hall–Kier alpha value is -0.0300. The minimum Gasteiger partial charge on any atom is -0.384 e. The van der Waals surface area contributed by atoms with Crippen LogP contribution in [0.4, 0.5) is 0 Å². The van der Waals surface area contributed by atoms with E-state index in [1.807, 2.05) is 11.8 Å². The third-order valence-corrected chi connectivity index (χ3v) is 3.56. The van der Waals surface area contributed by atoms with E-state index < -0.39 is 0 Å². The van der Waals surface area contributed by atoms with Gasteiger partial charge in [-0.15, -0.1) is 11.3 Å². The van der Waals surface area contributed by atoms with Gasteiger partial charge in [-0.25, -0.2) is 0 Å². The summed E-state index contributed by atoms with van der Waals surface area (Å²) in [5, 5.41) is 5.53. The third-order valence-electron chi connectivity index (χ3n) is 1.73. The first kappa shape index (κ1) is 12.0. The van der Waals surface area contributed by atoms with E-state index in [2.05, 4.69) is 22.8 Å². The van der Waals surface area contributed by atoms with Gasteiger partial charge in [0.2, 0.25) is 0 Å². The Morgan fingerprint density at radius 1 is 1.50 bits per heavy atom. The molecule has 4 heteroatoms. The molecule has 1 aromatic heterocycles. The van der Waals surface area contributed by atoms with Crippen LogP contribution in [0.5, 0.6) is 0 Å². The van der Waals surface area contributed by atoms with Crippen LogP contribution in [0.25, 0.3) is 0 Å². The fourth-order valence-corrected chi connectivity index (χ4v) is 2.47. The van der Waals surface area contributed by atoms with Crippen LogP contribution in [0, 0.1) is 0 Å². The predicted octanol–water partition coefficient (Wildman–Crippen LogP) is 2.22. The molecule has 1 aromatic rings. The van der Waals surface area contributed by atoms with Crippen molar-refractivity contribution in [1.29, 1.82) is 0 Å². The smallest absolute Gasteiger partial charge is 0.0552 e. The summed E-state index contributed by atoms with van der Waals surface area (Å²) in [7, 11) is 1.75. The zero-order valence-electron chi connectivity index (χ0n) is 8.49. The van der Waals surface area contributed by atoms with Crippen LogP contribution in [0.15, 0.2) is 17.5 Å². The SMILES string of the molecule is COCCSCCNCc1cccs1. The molecular weight excluding hydrogens is 214 g/mol. The summed E-state index contributed by atoms with van der Waals surface area (Å²) in [6.45, 7) is 2.93. The molecule has 0 saturated heterocycles. The van der Waals surface area contributed by atoms with Gasteiger partial charge in [0, 0.05) is 36.6 Å². The second kappa shape index (κ2) is 8.29. The quantitative estimate of drug-likeness (QED) is 0.693. The number of rotatable bonds is 8. The number of thioether (sulfide) groups is 1. The van der Waals surface area contributed by atoms with Crippen LogP contribution in [0.2, 0.25) is 0 Å². The molecule has 1 rings (SSSR count). The predicted molar refractivity (Wildman–Crippen MR) is 65.2 cm³/mol. The van der Waals surface area contributed by atoms with Crippen molar-refractivity contribution in [2.24, 2.45) is 0 Å². The highest BCUT2D eigenvalue weighted by Crippen LogP contribution is 2.07. The van der Waals surface area contributed by atoms with Crippen molar-refractivity contribution >= 4 is 23.1 Å². The average molecular weight is 231 g/mol. The molecule has 0 aliphatic carbocycles. The first-order chi connectivity index (χ1) is 6.93. The van der Waals surface area contributed by atoms with E-state index in [4.69, 9.17) is 4.74 Å². The maximum absolute atomic E-state index is 4.97. The zero-order chi connectivity index (χ0) is 10.1. The second-order valence-electron chi connectivity index (χ2n) is 2.86. The molecule has 0 atom stereocenters. The highest BCUT2D eigenvalue weighted by molar-refractivity contribution is 7.99. The highest BCUT2D eigenvalue weighted by atomic mass is 32.2. The molecule has 0 aliphatic rings. The van der Waals surface area contributed by atoms with Crippen molar-refractivity contribution in [1.82, 2.24) is 5.32 Å². The molecule has 0 radical (unpaired) electrons. The summed E-state index contributed by atoms with van der Waals surface area (Å²) in [5.41, 5.74) is 0. The van der Waals surface area contributed by atoms with Crippen molar-refractivity contribution in [2.75, 3.05) is 31.8 Å². The maximum Gasteiger partial charge on any atom is 0.0552 e. The Kier molecular flexibility index (Phi) is 7.13. The number of ether oxygens (including phenoxy) is 1. The molecule has 0 spiro atoms. The summed E-state index contributed by atoms with van der Waals surface area (Å²) in [6, 6.07) is 4.25. The summed E-state index contributed by atoms with van der Waals surface area (Å²) in [6.07, 6.45) is 0. The van der Waals surface area contributed by atoms with Crippen molar-refractivity contribution in [3.8, 4) is 0 Å². The van der Waals surface area contributed by atoms with Crippen LogP contribution in [0.1, 0.15) is 4.88 Å². The van der Waals surface area contributed by atoms with Crippen LogP contribution < -0.4 is 5.32 Å². The van der Waals surface area contributed by atoms with Crippen molar-refractivity contribution in [3.05, 3.63) is 22.4 Å². The largest absolute Gasteiger partial charge is 0.384 e. The number of thiophene rings is 1. The van der Waals surface area contributed by atoms with Gasteiger partial charge in [-0.05, 0) is 11.4 Å². The molecule has 0 saturated carbocycles. The molecule has 0 unspecified atom stereocenters. The van der Waals surface area contributed by atoms with Gasteiger partial charge in [-0.2, -0.15) is 11.8 Å². The lowest BCUT2D eigenvalue weighted by Gasteiger charge is -2.02. The van der Waals surface area contributed by atoms with E-state index in [0.29, 0.717) is 0 Å². The van der Waals surface area contributed by atoms with Crippen LogP contribution in [-0.2, 0) is 11.3 Å². The van der Waals surface area contributed by atoms with Gasteiger partial charge in [0.15, 0.2) is 0 Å². The monoisotopic (exact) mass is 231 g/mol. The Morgan fingerprint density at radius 3 is 3.14 bits per heavy atom. The standard InChI is InChI=1S/C10H17NOS2/c1-12-5-8-13-7-4-11-9-10-3-2-6-14-10/h2-3,6,11H,4-5,7-9H2,1H3. The number of methoxy groups -OCH3 is 1. The summed E-state index contributed by atoms with van der Waals surface area (Å²) in [4.78, 5) is 1.41. The van der Waals surface area contributed by atoms with Gasteiger partial charge in [-0.1, -0.05) is 6.07 Å². The molecule has 0 amide bonds. The van der Waals surface area contributed by atoms with Gasteiger partial charge >= 0.3 is 0 Å². The van der Waals surface area contributed by atoms with E-state index in [0.717, 1.165) is 31.2 Å². The van der Waals surface area contributed by atoms with E-state index in [1.54, 1.807) is 18.4 Å². The number of hydrogen-bond acceptors (Lipinski definition) is 4. The Labute approximate surface area is 94.0 Å². The highest BCUT2D eigenvalue weighted by Gasteiger charge is 1.92. The van der Waals surface area contributed by atoms with Crippen LogP contribution in [0.3, 0.4) is 0 Å². The van der Waals surface area contributed by atoms with Gasteiger partial charge in [-0.3, -0.25) is 0 Å². The number of hydrogen-bond donors (Lipinski definition) is 1. The van der Waals surface area contributed by atoms with Crippen molar-refractivity contribution < 1.29 is 4.74 Å². The van der Waals surface area contributed by atoms with Gasteiger partial charge < -0.3 is 10.1 Å². The van der Waals surface area contributed by atoms with Gasteiger partial charge in [0.05, 0.1) is 6.61 Å². The molecule has 2 nitrogen and oxygen atoms in total. The van der Waals surface area contributed by atoms with Crippen molar-refractivity contribution in [3.63, 3.8) is 0 Å². The van der Waals surface area contributed by atoms with E-state index in [-0.39, 0.29) is 0 Å². The fraction of sp³-hybridized carbons (Fsp3) is 0.600. The van der Waals surface area contributed by atoms with Crippen molar-refractivity contribution in [2.45, 2.75) is 6.54 Å². The minimum absolute atomic E-state index is 0.857. The lowest BCUT2D eigenvalue weighted by Crippen LogP contribution is -2.16. The first-order valence-electron chi connectivity index (χ1n) is 4.73. The molecule has 1 heterocycles. The topological polar surface area (TPSA) is 21.3 Å². The van der Waals surface area contributed by atoms with Gasteiger partial charge in [0.1, 0.15) is 0 Å². The fourth-order valence-electron chi connectivity index (χ4n) is 1.01. The van der Waals surface area contributed by atoms with E-state index in [1.165, 1.54) is 4.88 Å². The molecular formula is C10H17NOS2. The van der Waals surface area contributed by atoms with E-state index in [9.17, 15) is 0 Å². The molecule has 14 heavy (non-hydrogen) atoms. The molecule has 0 aromatic carbocycles. The van der Waals surface area contributed by atoms with Crippen LogP contribution >= 0.6 is 23.1 Å². The summed E-state index contributed by atoms with van der Waals surface area (Å²) >= 11 is 3.74. The molecule has 1 N–H and O–H groups in total. The molecule has 0 bridgehead atoms. The Morgan fingerprint density at radius 2 is 2.43 bits per heavy atom. The maximum atomic E-state index is 4.97. The third kappa shape index (κ3) is 5.65. The molecule has 0 fully saturated rings. The number of nitrogens with one attached hydrogen (secondary N) is 1. The van der Waals surface area contributed by atoms with Crippen LogP contribution in [-0.4, -0.2) is 31.8 Å². The Bertz CT molecular complexity index is 214. The average Bonchev–Trinajstić information content (AvgIpc) is 2.69. The lowest BCUT2D eigenvalue weighted by molar-refractivity contribution is 0.218. The molecule has 0 aliphatic heterocycles. The summed E-state index contributed by atoms with van der Waals surface area (Å²) < 4.78 is 4.97. The normalized spacial score (nSPS) is 10.6. The molecule has 80 valence electrons. The first-order valence-corrected chi connectivity index (χ1v) is 6.76. The van der Waals surface area contributed by atoms with Gasteiger partial charge in [0.25, 0.3) is 0 Å².